The lowest BCUT2D eigenvalue weighted by Gasteiger charge is -2.24. The summed E-state index contributed by atoms with van der Waals surface area (Å²) in [6, 6.07) is 18.1. The number of nitriles is 1. The molecule has 0 fully saturated rings. The van der Waals surface area contributed by atoms with Crippen molar-refractivity contribution in [1.29, 1.82) is 5.26 Å². The maximum Gasteiger partial charge on any atom is 0.244 e. The SMILES string of the molecule is CCc1ccc([C@@H]2C(C#N)=C(N)Oc3n[nH]c(-c4cccc(OC)c4)c32)cc1. The van der Waals surface area contributed by atoms with Crippen LogP contribution in [0.3, 0.4) is 0 Å². The summed E-state index contributed by atoms with van der Waals surface area (Å²) in [5.74, 6) is 0.846. The van der Waals surface area contributed by atoms with Gasteiger partial charge in [0.25, 0.3) is 0 Å². The van der Waals surface area contributed by atoms with Crippen LogP contribution in [0.25, 0.3) is 11.3 Å². The molecule has 28 heavy (non-hydrogen) atoms. The number of hydrogen-bond acceptors (Lipinski definition) is 5. The van der Waals surface area contributed by atoms with Crippen molar-refractivity contribution >= 4 is 0 Å². The average molecular weight is 372 g/mol. The van der Waals surface area contributed by atoms with Gasteiger partial charge >= 0.3 is 0 Å². The molecule has 140 valence electrons. The van der Waals surface area contributed by atoms with E-state index in [4.69, 9.17) is 15.2 Å². The van der Waals surface area contributed by atoms with Gasteiger partial charge in [0.2, 0.25) is 11.8 Å². The van der Waals surface area contributed by atoms with E-state index in [-0.39, 0.29) is 11.8 Å². The van der Waals surface area contributed by atoms with Gasteiger partial charge in [-0.3, -0.25) is 5.10 Å². The Balaban J connectivity index is 1.91. The van der Waals surface area contributed by atoms with E-state index in [0.29, 0.717) is 11.5 Å². The summed E-state index contributed by atoms with van der Waals surface area (Å²) in [5.41, 5.74) is 11.1. The molecular formula is C22H20N4O2. The molecule has 0 bridgehead atoms. The number of H-pyrrole nitrogens is 1. The highest BCUT2D eigenvalue weighted by molar-refractivity contribution is 5.71. The molecule has 0 amide bonds. The van der Waals surface area contributed by atoms with Crippen LogP contribution in [0, 0.1) is 11.3 Å². The highest BCUT2D eigenvalue weighted by Crippen LogP contribution is 2.45. The lowest BCUT2D eigenvalue weighted by Crippen LogP contribution is -2.21. The van der Waals surface area contributed by atoms with Crippen molar-refractivity contribution in [1.82, 2.24) is 10.2 Å². The third-order valence-corrected chi connectivity index (χ3v) is 5.02. The number of nitrogens with two attached hydrogens (primary N) is 1. The van der Waals surface area contributed by atoms with E-state index in [1.807, 2.05) is 36.4 Å². The van der Waals surface area contributed by atoms with E-state index in [9.17, 15) is 5.26 Å². The number of benzene rings is 2. The zero-order chi connectivity index (χ0) is 19.7. The summed E-state index contributed by atoms with van der Waals surface area (Å²) < 4.78 is 11.0. The Morgan fingerprint density at radius 1 is 1.25 bits per heavy atom. The number of nitrogens with zero attached hydrogens (tertiary/aromatic N) is 2. The molecule has 0 spiro atoms. The van der Waals surface area contributed by atoms with Crippen LogP contribution in [0.4, 0.5) is 0 Å². The van der Waals surface area contributed by atoms with Gasteiger partial charge in [-0.1, -0.05) is 43.3 Å². The Kier molecular flexibility index (Phi) is 4.50. The molecule has 0 saturated carbocycles. The van der Waals surface area contributed by atoms with Gasteiger partial charge in [0, 0.05) is 5.56 Å². The first-order valence-electron chi connectivity index (χ1n) is 9.05. The number of ether oxygens (including phenoxy) is 2. The van der Waals surface area contributed by atoms with Crippen LogP contribution in [0.15, 0.2) is 60.0 Å². The fraction of sp³-hybridized carbons (Fsp3) is 0.182. The topological polar surface area (TPSA) is 97.0 Å². The van der Waals surface area contributed by atoms with E-state index in [1.54, 1.807) is 7.11 Å². The monoisotopic (exact) mass is 372 g/mol. The Labute approximate surface area is 163 Å². The Morgan fingerprint density at radius 2 is 2.04 bits per heavy atom. The van der Waals surface area contributed by atoms with Crippen molar-refractivity contribution in [3.63, 3.8) is 0 Å². The van der Waals surface area contributed by atoms with Crippen LogP contribution < -0.4 is 15.2 Å². The van der Waals surface area contributed by atoms with Crippen LogP contribution in [0.1, 0.15) is 29.5 Å². The fourth-order valence-corrected chi connectivity index (χ4v) is 3.52. The van der Waals surface area contributed by atoms with Gasteiger partial charge in [0.05, 0.1) is 24.3 Å². The smallest absolute Gasteiger partial charge is 0.244 e. The molecular weight excluding hydrogens is 352 g/mol. The quantitative estimate of drug-likeness (QED) is 0.725. The molecule has 3 aromatic rings. The first-order valence-corrected chi connectivity index (χ1v) is 9.05. The first kappa shape index (κ1) is 17.7. The van der Waals surface area contributed by atoms with Crippen LogP contribution in [0.2, 0.25) is 0 Å². The van der Waals surface area contributed by atoms with E-state index in [0.717, 1.165) is 34.6 Å². The van der Waals surface area contributed by atoms with Crippen LogP contribution in [0.5, 0.6) is 11.6 Å². The number of aryl methyl sites for hydroxylation is 1. The second kappa shape index (κ2) is 7.12. The normalized spacial score (nSPS) is 15.5. The molecule has 0 aliphatic carbocycles. The minimum atomic E-state index is -0.361. The molecule has 2 aromatic carbocycles. The predicted octanol–water partition coefficient (Wildman–Crippen LogP) is 3.87. The number of methoxy groups -OCH3 is 1. The highest BCUT2D eigenvalue weighted by Gasteiger charge is 2.35. The van der Waals surface area contributed by atoms with Gasteiger partial charge in [-0.05, 0) is 29.7 Å². The predicted molar refractivity (Wildman–Crippen MR) is 106 cm³/mol. The molecule has 3 N–H and O–H groups in total. The summed E-state index contributed by atoms with van der Waals surface area (Å²) in [7, 11) is 1.62. The van der Waals surface area contributed by atoms with E-state index in [2.05, 4.69) is 35.3 Å². The van der Waals surface area contributed by atoms with Crippen molar-refractivity contribution in [2.45, 2.75) is 19.3 Å². The van der Waals surface area contributed by atoms with E-state index in [1.165, 1.54) is 5.56 Å². The lowest BCUT2D eigenvalue weighted by atomic mass is 9.82. The Hall–Kier alpha value is -3.72. The standard InChI is InChI=1S/C22H20N4O2/c1-3-13-7-9-14(10-8-13)18-17(12-23)21(24)28-22-19(18)20(25-26-22)15-5-4-6-16(11-15)27-2/h4-11,18H,3,24H2,1-2H3,(H,25,26)/t18-/m1/s1. The second-order valence-corrected chi connectivity index (χ2v) is 6.57. The van der Waals surface area contributed by atoms with E-state index < -0.39 is 0 Å². The van der Waals surface area contributed by atoms with Crippen molar-refractivity contribution < 1.29 is 9.47 Å². The van der Waals surface area contributed by atoms with Crippen LogP contribution >= 0.6 is 0 Å². The summed E-state index contributed by atoms with van der Waals surface area (Å²) >= 11 is 0. The zero-order valence-electron chi connectivity index (χ0n) is 15.7. The number of aromatic nitrogens is 2. The largest absolute Gasteiger partial charge is 0.497 e. The zero-order valence-corrected chi connectivity index (χ0v) is 15.7. The van der Waals surface area contributed by atoms with Gasteiger partial charge in [0.1, 0.15) is 17.4 Å². The third kappa shape index (κ3) is 2.87. The fourth-order valence-electron chi connectivity index (χ4n) is 3.52. The van der Waals surface area contributed by atoms with Gasteiger partial charge in [-0.25, -0.2) is 0 Å². The number of fused-ring (bicyclic) bond motifs is 1. The van der Waals surface area contributed by atoms with Gasteiger partial charge in [-0.2, -0.15) is 5.26 Å². The molecule has 1 aromatic heterocycles. The van der Waals surface area contributed by atoms with Crippen LogP contribution in [-0.2, 0) is 6.42 Å². The summed E-state index contributed by atoms with van der Waals surface area (Å²) in [6.45, 7) is 2.11. The molecule has 2 heterocycles. The molecule has 6 nitrogen and oxygen atoms in total. The summed E-state index contributed by atoms with van der Waals surface area (Å²) in [6.07, 6.45) is 0.948. The third-order valence-electron chi connectivity index (χ3n) is 5.02. The number of rotatable bonds is 4. The molecule has 0 radical (unpaired) electrons. The molecule has 1 atom stereocenters. The van der Waals surface area contributed by atoms with Crippen molar-refractivity contribution in [3.05, 3.63) is 76.7 Å². The minimum Gasteiger partial charge on any atom is -0.497 e. The second-order valence-electron chi connectivity index (χ2n) is 6.57. The maximum atomic E-state index is 9.78. The number of hydrogen-bond donors (Lipinski definition) is 2. The number of nitrogens with one attached hydrogen (secondary N) is 1. The highest BCUT2D eigenvalue weighted by atomic mass is 16.5. The molecule has 1 aliphatic rings. The lowest BCUT2D eigenvalue weighted by molar-refractivity contribution is 0.379. The number of aromatic amines is 1. The van der Waals surface area contributed by atoms with Crippen molar-refractivity contribution in [2.24, 2.45) is 5.73 Å². The molecule has 4 rings (SSSR count). The van der Waals surface area contributed by atoms with Gasteiger partial charge in [-0.15, -0.1) is 5.10 Å². The van der Waals surface area contributed by atoms with Gasteiger partial charge < -0.3 is 15.2 Å². The van der Waals surface area contributed by atoms with Crippen LogP contribution in [-0.4, -0.2) is 17.3 Å². The minimum absolute atomic E-state index is 0.0864. The van der Waals surface area contributed by atoms with Gasteiger partial charge in [0.15, 0.2) is 0 Å². The molecule has 6 heteroatoms. The molecule has 0 saturated heterocycles. The molecule has 1 aliphatic heterocycles. The first-order chi connectivity index (χ1) is 13.7. The summed E-state index contributed by atoms with van der Waals surface area (Å²) in [5, 5.41) is 17.1. The Morgan fingerprint density at radius 3 is 2.71 bits per heavy atom. The summed E-state index contributed by atoms with van der Waals surface area (Å²) in [4.78, 5) is 0. The van der Waals surface area contributed by atoms with Crippen molar-refractivity contribution in [2.75, 3.05) is 7.11 Å². The van der Waals surface area contributed by atoms with E-state index >= 15 is 0 Å². The maximum absolute atomic E-state index is 9.78. The van der Waals surface area contributed by atoms with Crippen molar-refractivity contribution in [3.8, 4) is 29.0 Å². The average Bonchev–Trinajstić information content (AvgIpc) is 3.16. The number of allylic oxidation sites excluding steroid dienone is 1. The Bertz CT molecular complexity index is 1090. The molecule has 0 unspecified atom stereocenters.